The average Bonchev–Trinajstić information content (AvgIpc) is 2.60. The van der Waals surface area contributed by atoms with Crippen LogP contribution in [0.5, 0.6) is 0 Å². The molecule has 94 valence electrons. The van der Waals surface area contributed by atoms with Crippen molar-refractivity contribution in [1.82, 2.24) is 5.32 Å². The molecule has 1 fully saturated rings. The van der Waals surface area contributed by atoms with Gasteiger partial charge < -0.3 is 5.32 Å². The first-order valence-corrected chi connectivity index (χ1v) is 6.86. The van der Waals surface area contributed by atoms with Crippen LogP contribution < -0.4 is 5.32 Å². The summed E-state index contributed by atoms with van der Waals surface area (Å²) >= 11 is 6.15. The molecule has 1 amide bonds. The first kappa shape index (κ1) is 13.8. The highest BCUT2D eigenvalue weighted by Gasteiger charge is 2.29. The Morgan fingerprint density at radius 3 is 2.62 bits per heavy atom. The molecule has 0 aromatic rings. The van der Waals surface area contributed by atoms with Crippen LogP contribution in [0.15, 0.2) is 0 Å². The molecule has 0 heterocycles. The van der Waals surface area contributed by atoms with Gasteiger partial charge in [-0.2, -0.15) is 0 Å². The fraction of sp³-hybridized carbons (Fsp3) is 0.923. The monoisotopic (exact) mass is 245 g/mol. The highest BCUT2D eigenvalue weighted by Crippen LogP contribution is 2.31. The van der Waals surface area contributed by atoms with E-state index in [0.29, 0.717) is 18.4 Å². The molecule has 0 bridgehead atoms. The molecule has 16 heavy (non-hydrogen) atoms. The van der Waals surface area contributed by atoms with Gasteiger partial charge in [0, 0.05) is 12.5 Å². The molecule has 1 saturated carbocycles. The summed E-state index contributed by atoms with van der Waals surface area (Å²) in [6.45, 7) is 7.08. The fourth-order valence-corrected chi connectivity index (χ4v) is 2.91. The molecule has 3 atom stereocenters. The van der Waals surface area contributed by atoms with Gasteiger partial charge in [-0.3, -0.25) is 4.79 Å². The SMILES string of the molecule is CC(C)CC(Cl)CNC(=O)C1CCCC1C. The van der Waals surface area contributed by atoms with E-state index in [9.17, 15) is 4.79 Å². The van der Waals surface area contributed by atoms with Crippen molar-refractivity contribution in [2.75, 3.05) is 6.54 Å². The lowest BCUT2D eigenvalue weighted by atomic mass is 9.97. The van der Waals surface area contributed by atoms with Gasteiger partial charge >= 0.3 is 0 Å². The van der Waals surface area contributed by atoms with Crippen LogP contribution in [0.3, 0.4) is 0 Å². The maximum atomic E-state index is 11.9. The lowest BCUT2D eigenvalue weighted by molar-refractivity contribution is -0.125. The second kappa shape index (κ2) is 6.48. The second-order valence-electron chi connectivity index (χ2n) is 5.49. The minimum absolute atomic E-state index is 0.0701. The predicted octanol–water partition coefficient (Wildman–Crippen LogP) is 3.19. The zero-order valence-corrected chi connectivity index (χ0v) is 11.4. The topological polar surface area (TPSA) is 29.1 Å². The molecule has 0 radical (unpaired) electrons. The lowest BCUT2D eigenvalue weighted by Gasteiger charge is -2.17. The Hall–Kier alpha value is -0.240. The number of rotatable bonds is 5. The van der Waals surface area contributed by atoms with Crippen molar-refractivity contribution in [1.29, 1.82) is 0 Å². The quantitative estimate of drug-likeness (QED) is 0.741. The van der Waals surface area contributed by atoms with Crippen molar-refractivity contribution in [2.45, 2.75) is 51.8 Å². The first-order chi connectivity index (χ1) is 7.50. The highest BCUT2D eigenvalue weighted by atomic mass is 35.5. The van der Waals surface area contributed by atoms with Crippen LogP contribution in [0.25, 0.3) is 0 Å². The number of alkyl halides is 1. The molecule has 1 N–H and O–H groups in total. The predicted molar refractivity (Wildman–Crippen MR) is 68.6 cm³/mol. The van der Waals surface area contributed by atoms with E-state index in [1.807, 2.05) is 0 Å². The van der Waals surface area contributed by atoms with Gasteiger partial charge in [0.1, 0.15) is 0 Å². The van der Waals surface area contributed by atoms with Gasteiger partial charge in [0.05, 0.1) is 5.38 Å². The maximum Gasteiger partial charge on any atom is 0.223 e. The summed E-state index contributed by atoms with van der Waals surface area (Å²) in [5.74, 6) is 1.56. The van der Waals surface area contributed by atoms with E-state index in [1.54, 1.807) is 0 Å². The molecule has 0 aromatic carbocycles. The summed E-state index contributed by atoms with van der Waals surface area (Å²) < 4.78 is 0. The zero-order valence-electron chi connectivity index (χ0n) is 10.6. The summed E-state index contributed by atoms with van der Waals surface area (Å²) in [5.41, 5.74) is 0. The van der Waals surface area contributed by atoms with Crippen molar-refractivity contribution >= 4 is 17.5 Å². The number of nitrogens with one attached hydrogen (secondary N) is 1. The molecule has 1 aliphatic carbocycles. The third kappa shape index (κ3) is 4.32. The molecule has 2 nitrogen and oxygen atoms in total. The zero-order chi connectivity index (χ0) is 12.1. The van der Waals surface area contributed by atoms with Gasteiger partial charge in [-0.15, -0.1) is 11.6 Å². The van der Waals surface area contributed by atoms with Gasteiger partial charge in [-0.25, -0.2) is 0 Å². The molecule has 3 unspecified atom stereocenters. The van der Waals surface area contributed by atoms with E-state index in [0.717, 1.165) is 12.8 Å². The van der Waals surface area contributed by atoms with Gasteiger partial charge in [0.2, 0.25) is 5.91 Å². The minimum atomic E-state index is 0.0701. The van der Waals surface area contributed by atoms with Crippen LogP contribution in [0, 0.1) is 17.8 Å². The molecular weight excluding hydrogens is 222 g/mol. The van der Waals surface area contributed by atoms with E-state index >= 15 is 0 Å². The van der Waals surface area contributed by atoms with Gasteiger partial charge in [-0.1, -0.05) is 27.2 Å². The Balaban J connectivity index is 2.24. The summed E-state index contributed by atoms with van der Waals surface area (Å²) in [5, 5.41) is 3.06. The van der Waals surface area contributed by atoms with Crippen molar-refractivity contribution in [3.05, 3.63) is 0 Å². The van der Waals surface area contributed by atoms with E-state index in [-0.39, 0.29) is 17.2 Å². The molecular formula is C13H24ClNO. The maximum absolute atomic E-state index is 11.9. The third-order valence-corrected chi connectivity index (χ3v) is 3.76. The minimum Gasteiger partial charge on any atom is -0.354 e. The average molecular weight is 246 g/mol. The van der Waals surface area contributed by atoms with Crippen LogP contribution in [-0.4, -0.2) is 17.8 Å². The van der Waals surface area contributed by atoms with Crippen molar-refractivity contribution in [3.8, 4) is 0 Å². The Kier molecular flexibility index (Phi) is 5.60. The van der Waals surface area contributed by atoms with Crippen LogP contribution in [0.4, 0.5) is 0 Å². The first-order valence-electron chi connectivity index (χ1n) is 6.42. The van der Waals surface area contributed by atoms with E-state index in [4.69, 9.17) is 11.6 Å². The Bertz CT molecular complexity index is 230. The number of amides is 1. The number of halogens is 1. The Morgan fingerprint density at radius 1 is 1.44 bits per heavy atom. The van der Waals surface area contributed by atoms with Gasteiger partial charge in [-0.05, 0) is 31.1 Å². The summed E-state index contributed by atoms with van der Waals surface area (Å²) in [4.78, 5) is 11.9. The second-order valence-corrected chi connectivity index (χ2v) is 6.10. The van der Waals surface area contributed by atoms with Crippen LogP contribution in [-0.2, 0) is 4.79 Å². The number of carbonyl (C=O) groups excluding carboxylic acids is 1. The van der Waals surface area contributed by atoms with E-state index < -0.39 is 0 Å². The highest BCUT2D eigenvalue weighted by molar-refractivity contribution is 6.20. The molecule has 0 saturated heterocycles. The third-order valence-electron chi connectivity index (χ3n) is 3.42. The molecule has 1 aliphatic rings. The number of hydrogen-bond donors (Lipinski definition) is 1. The summed E-state index contributed by atoms with van der Waals surface area (Å²) in [7, 11) is 0. The van der Waals surface area contributed by atoms with E-state index in [1.165, 1.54) is 12.8 Å². The summed E-state index contributed by atoms with van der Waals surface area (Å²) in [6, 6.07) is 0. The van der Waals surface area contributed by atoms with Gasteiger partial charge in [0.25, 0.3) is 0 Å². The normalized spacial score (nSPS) is 27.1. The van der Waals surface area contributed by atoms with Crippen LogP contribution in [0.1, 0.15) is 46.5 Å². The van der Waals surface area contributed by atoms with Crippen molar-refractivity contribution < 1.29 is 4.79 Å². The van der Waals surface area contributed by atoms with Crippen molar-refractivity contribution in [3.63, 3.8) is 0 Å². The Labute approximate surface area is 104 Å². The fourth-order valence-electron chi connectivity index (χ4n) is 2.47. The molecule has 3 heteroatoms. The molecule has 0 aliphatic heterocycles. The lowest BCUT2D eigenvalue weighted by Crippen LogP contribution is -2.36. The standard InChI is InChI=1S/C13H24ClNO/c1-9(2)7-11(14)8-15-13(16)12-6-4-5-10(12)3/h9-12H,4-8H2,1-3H3,(H,15,16). The smallest absolute Gasteiger partial charge is 0.223 e. The molecule has 1 rings (SSSR count). The summed E-state index contributed by atoms with van der Waals surface area (Å²) in [6.07, 6.45) is 4.39. The largest absolute Gasteiger partial charge is 0.354 e. The number of carbonyl (C=O) groups is 1. The molecule has 0 spiro atoms. The van der Waals surface area contributed by atoms with E-state index in [2.05, 4.69) is 26.1 Å². The Morgan fingerprint density at radius 2 is 2.12 bits per heavy atom. The van der Waals surface area contributed by atoms with Crippen molar-refractivity contribution in [2.24, 2.45) is 17.8 Å². The number of hydrogen-bond acceptors (Lipinski definition) is 1. The molecule has 0 aromatic heterocycles. The van der Waals surface area contributed by atoms with Crippen LogP contribution >= 0.6 is 11.6 Å². The van der Waals surface area contributed by atoms with Crippen LogP contribution in [0.2, 0.25) is 0 Å². The van der Waals surface area contributed by atoms with Gasteiger partial charge in [0.15, 0.2) is 0 Å².